The van der Waals surface area contributed by atoms with E-state index in [4.69, 9.17) is 4.42 Å². The largest absolute Gasteiger partial charge is 0.456 e. The summed E-state index contributed by atoms with van der Waals surface area (Å²) in [4.78, 5) is 2.24. The molecule has 6 aromatic rings. The highest BCUT2D eigenvalue weighted by Crippen LogP contribution is 2.38. The third kappa shape index (κ3) is 3.45. The summed E-state index contributed by atoms with van der Waals surface area (Å²) in [6.07, 6.45) is 0. The molecule has 0 aliphatic carbocycles. The molecule has 0 spiro atoms. The molecule has 0 bridgehead atoms. The van der Waals surface area contributed by atoms with Gasteiger partial charge in [-0.2, -0.15) is 0 Å². The number of nitrogens with zero attached hydrogens (tertiary/aromatic N) is 1. The first-order valence-corrected chi connectivity index (χ1v) is 11.3. The summed E-state index contributed by atoms with van der Waals surface area (Å²) in [6.45, 7) is 0. The summed E-state index contributed by atoms with van der Waals surface area (Å²) in [6, 6.07) is 41.3. The molecule has 3 nitrogen and oxygen atoms in total. The molecule has 0 amide bonds. The van der Waals surface area contributed by atoms with Crippen LogP contribution in [0.4, 0.5) is 17.1 Å². The zero-order chi connectivity index (χ0) is 22.9. The lowest BCUT2D eigenvalue weighted by Crippen LogP contribution is -2.12. The van der Waals surface area contributed by atoms with Crippen molar-refractivity contribution in [2.24, 2.45) is 0 Å². The van der Waals surface area contributed by atoms with Crippen LogP contribution in [0.2, 0.25) is 0 Å². The lowest BCUT2D eigenvalue weighted by atomic mass is 9.87. The molecule has 5 aromatic carbocycles. The fraction of sp³-hybridized carbons (Fsp3) is 0. The summed E-state index contributed by atoms with van der Waals surface area (Å²) in [5, 5.41) is 11.7. The minimum absolute atomic E-state index is 0.677. The Hall–Kier alpha value is -4.28. The van der Waals surface area contributed by atoms with Crippen molar-refractivity contribution in [3.05, 3.63) is 121 Å². The predicted octanol–water partition coefficient (Wildman–Crippen LogP) is 6.96. The molecule has 0 unspecified atom stereocenters. The first-order chi connectivity index (χ1) is 16.8. The Morgan fingerprint density at radius 2 is 1.09 bits per heavy atom. The maximum Gasteiger partial charge on any atom is 0.330 e. The van der Waals surface area contributed by atoms with E-state index in [2.05, 4.69) is 95.9 Å². The quantitative estimate of drug-likeness (QED) is 0.296. The monoisotopic (exact) mass is 438 g/mol. The van der Waals surface area contributed by atoms with Crippen LogP contribution in [0.25, 0.3) is 33.1 Å². The van der Waals surface area contributed by atoms with Crippen LogP contribution in [-0.4, -0.2) is 12.5 Å². The smallest absolute Gasteiger partial charge is 0.330 e. The van der Waals surface area contributed by atoms with Gasteiger partial charge < -0.3 is 14.3 Å². The minimum atomic E-state index is 0.677. The van der Waals surface area contributed by atoms with E-state index < -0.39 is 0 Å². The van der Waals surface area contributed by atoms with Crippen LogP contribution in [0.3, 0.4) is 0 Å². The van der Waals surface area contributed by atoms with Gasteiger partial charge in [0.05, 0.1) is 0 Å². The van der Waals surface area contributed by atoms with E-state index in [9.17, 15) is 5.02 Å². The van der Waals surface area contributed by atoms with E-state index >= 15 is 0 Å². The second kappa shape index (κ2) is 8.58. The Morgan fingerprint density at radius 1 is 0.529 bits per heavy atom. The van der Waals surface area contributed by atoms with Gasteiger partial charge in [-0.1, -0.05) is 84.9 Å². The molecule has 0 aliphatic rings. The SMILES string of the molecule is O[B]c1cccc2c1oc1c(-c3ccc(N(c4ccccc4)c4ccccc4)cc3)cccc12. The first kappa shape index (κ1) is 20.3. The first-order valence-electron chi connectivity index (χ1n) is 11.3. The summed E-state index contributed by atoms with van der Waals surface area (Å²) >= 11 is 0. The number of furan rings is 1. The topological polar surface area (TPSA) is 36.6 Å². The maximum absolute atomic E-state index is 9.63. The van der Waals surface area contributed by atoms with Crippen LogP contribution in [0.1, 0.15) is 0 Å². The number of rotatable bonds is 5. The van der Waals surface area contributed by atoms with Gasteiger partial charge in [-0.15, -0.1) is 0 Å². The normalized spacial score (nSPS) is 11.1. The minimum Gasteiger partial charge on any atom is -0.456 e. The number of anilines is 3. The van der Waals surface area contributed by atoms with Crippen molar-refractivity contribution in [3.8, 4) is 11.1 Å². The van der Waals surface area contributed by atoms with Crippen LogP contribution < -0.4 is 10.4 Å². The number of fused-ring (bicyclic) bond motifs is 3. The molecule has 1 radical (unpaired) electrons. The van der Waals surface area contributed by atoms with Gasteiger partial charge in [0.15, 0.2) is 0 Å². The summed E-state index contributed by atoms with van der Waals surface area (Å²) in [7, 11) is 1.10. The average Bonchev–Trinajstić information content (AvgIpc) is 3.30. The van der Waals surface area contributed by atoms with Crippen LogP contribution >= 0.6 is 0 Å². The highest BCUT2D eigenvalue weighted by molar-refractivity contribution is 6.50. The molecular weight excluding hydrogens is 417 g/mol. The van der Waals surface area contributed by atoms with E-state index in [0.717, 1.165) is 52.0 Å². The standard InChI is InChI=1S/C30H21BNO2/c33-31-28-16-8-15-27-26-14-7-13-25(29(26)34-30(27)28)21-17-19-24(20-18-21)32(22-9-3-1-4-10-22)23-11-5-2-6-12-23/h1-20,33H. The third-order valence-corrected chi connectivity index (χ3v) is 6.16. The van der Waals surface area contributed by atoms with Crippen molar-refractivity contribution in [3.63, 3.8) is 0 Å². The number of para-hydroxylation sites is 4. The van der Waals surface area contributed by atoms with Crippen molar-refractivity contribution >= 4 is 51.9 Å². The zero-order valence-corrected chi connectivity index (χ0v) is 18.4. The Balaban J connectivity index is 1.46. The van der Waals surface area contributed by atoms with E-state index in [1.165, 1.54) is 0 Å². The molecule has 34 heavy (non-hydrogen) atoms. The van der Waals surface area contributed by atoms with Crippen molar-refractivity contribution in [1.29, 1.82) is 0 Å². The second-order valence-electron chi connectivity index (χ2n) is 8.19. The molecule has 1 N–H and O–H groups in total. The lowest BCUT2D eigenvalue weighted by molar-refractivity contribution is 0.613. The second-order valence-corrected chi connectivity index (χ2v) is 8.19. The van der Waals surface area contributed by atoms with E-state index in [0.29, 0.717) is 11.0 Å². The molecule has 0 aliphatic heterocycles. The highest BCUT2D eigenvalue weighted by atomic mass is 16.3. The predicted molar refractivity (Wildman–Crippen MR) is 141 cm³/mol. The number of hydrogen-bond acceptors (Lipinski definition) is 3. The van der Waals surface area contributed by atoms with Gasteiger partial charge in [0.25, 0.3) is 0 Å². The molecule has 1 aromatic heterocycles. The zero-order valence-electron chi connectivity index (χ0n) is 18.4. The fourth-order valence-electron chi connectivity index (χ4n) is 4.56. The Bertz CT molecular complexity index is 1540. The molecule has 1 heterocycles. The number of hydrogen-bond donors (Lipinski definition) is 1. The molecule has 161 valence electrons. The molecule has 0 atom stereocenters. The third-order valence-electron chi connectivity index (χ3n) is 6.16. The van der Waals surface area contributed by atoms with E-state index in [-0.39, 0.29) is 0 Å². The van der Waals surface area contributed by atoms with Crippen LogP contribution in [0, 0.1) is 0 Å². The van der Waals surface area contributed by atoms with Crippen LogP contribution in [0.5, 0.6) is 0 Å². The molecule has 0 saturated carbocycles. The van der Waals surface area contributed by atoms with Crippen molar-refractivity contribution in [2.45, 2.75) is 0 Å². The van der Waals surface area contributed by atoms with Gasteiger partial charge in [0.1, 0.15) is 11.2 Å². The number of benzene rings is 5. The van der Waals surface area contributed by atoms with Crippen LogP contribution in [-0.2, 0) is 0 Å². The summed E-state index contributed by atoms with van der Waals surface area (Å²) in [5.41, 5.74) is 7.58. The van der Waals surface area contributed by atoms with E-state index in [1.807, 2.05) is 30.3 Å². The Labute approximate surface area is 198 Å². The average molecular weight is 438 g/mol. The molecule has 0 saturated heterocycles. The van der Waals surface area contributed by atoms with Gasteiger partial charge >= 0.3 is 7.48 Å². The lowest BCUT2D eigenvalue weighted by Gasteiger charge is -2.25. The molecule has 4 heteroatoms. The van der Waals surface area contributed by atoms with Gasteiger partial charge in [0.2, 0.25) is 0 Å². The van der Waals surface area contributed by atoms with Crippen molar-refractivity contribution in [1.82, 2.24) is 0 Å². The highest BCUT2D eigenvalue weighted by Gasteiger charge is 2.16. The molecule has 6 rings (SSSR count). The fourth-order valence-corrected chi connectivity index (χ4v) is 4.56. The summed E-state index contributed by atoms with van der Waals surface area (Å²) in [5.74, 6) is 0. The van der Waals surface area contributed by atoms with Gasteiger partial charge in [0, 0.05) is 33.4 Å². The maximum atomic E-state index is 9.63. The molecule has 0 fully saturated rings. The van der Waals surface area contributed by atoms with E-state index in [1.54, 1.807) is 0 Å². The van der Waals surface area contributed by atoms with Gasteiger partial charge in [-0.3, -0.25) is 0 Å². The van der Waals surface area contributed by atoms with Gasteiger partial charge in [-0.05, 0) is 47.4 Å². The van der Waals surface area contributed by atoms with Crippen molar-refractivity contribution in [2.75, 3.05) is 4.90 Å². The summed E-state index contributed by atoms with van der Waals surface area (Å²) < 4.78 is 6.27. The Kier molecular flexibility index (Phi) is 5.13. The van der Waals surface area contributed by atoms with Crippen LogP contribution in [0.15, 0.2) is 126 Å². The molecular formula is C30H21BNO2. The van der Waals surface area contributed by atoms with Crippen molar-refractivity contribution < 1.29 is 9.44 Å². The van der Waals surface area contributed by atoms with Gasteiger partial charge in [-0.25, -0.2) is 0 Å². The Morgan fingerprint density at radius 3 is 1.71 bits per heavy atom.